The fourth-order valence-corrected chi connectivity index (χ4v) is 0.932. The zero-order valence-corrected chi connectivity index (χ0v) is 7.51. The van der Waals surface area contributed by atoms with Crippen LogP contribution in [0, 0.1) is 0 Å². The highest BCUT2D eigenvalue weighted by atomic mass is 16.1. The summed E-state index contributed by atoms with van der Waals surface area (Å²) in [7, 11) is 1.73. The van der Waals surface area contributed by atoms with E-state index in [0.29, 0.717) is 5.69 Å². The van der Waals surface area contributed by atoms with E-state index in [2.05, 4.69) is 9.98 Å². The predicted molar refractivity (Wildman–Crippen MR) is 48.9 cm³/mol. The van der Waals surface area contributed by atoms with Crippen LogP contribution in [0.5, 0.6) is 0 Å². The van der Waals surface area contributed by atoms with Gasteiger partial charge in [0, 0.05) is 14.0 Å². The van der Waals surface area contributed by atoms with E-state index in [9.17, 15) is 4.79 Å². The molecule has 1 aromatic rings. The number of aliphatic imine (C=N–C) groups is 1. The number of ketones is 1. The Balaban J connectivity index is 2.99. The number of aromatic nitrogens is 1. The fraction of sp³-hybridized carbons (Fsp3) is 0.333. The van der Waals surface area contributed by atoms with Gasteiger partial charge in [-0.2, -0.15) is 0 Å². The molecule has 0 atom stereocenters. The second kappa shape index (κ2) is 3.34. The van der Waals surface area contributed by atoms with Crippen LogP contribution in [0.25, 0.3) is 0 Å². The number of nitrogens with one attached hydrogen (secondary N) is 1. The van der Waals surface area contributed by atoms with E-state index in [1.807, 2.05) is 13.0 Å². The van der Waals surface area contributed by atoms with Crippen LogP contribution in [0.15, 0.2) is 17.1 Å². The first-order chi connectivity index (χ1) is 5.65. The van der Waals surface area contributed by atoms with Crippen molar-refractivity contribution in [2.45, 2.75) is 13.8 Å². The Morgan fingerprint density at radius 1 is 1.33 bits per heavy atom. The molecule has 0 spiro atoms. The van der Waals surface area contributed by atoms with Crippen LogP contribution < -0.4 is 0 Å². The summed E-state index contributed by atoms with van der Waals surface area (Å²) in [5.74, 6) is 0.0464. The van der Waals surface area contributed by atoms with Gasteiger partial charge in [0.25, 0.3) is 0 Å². The van der Waals surface area contributed by atoms with E-state index >= 15 is 0 Å². The number of carbonyl (C=O) groups excluding carboxylic acids is 1. The molecule has 0 saturated carbocycles. The molecule has 1 heterocycles. The van der Waals surface area contributed by atoms with Gasteiger partial charge in [0.05, 0.1) is 17.1 Å². The van der Waals surface area contributed by atoms with Crippen LogP contribution in [0.1, 0.15) is 30.0 Å². The zero-order valence-electron chi connectivity index (χ0n) is 7.51. The first kappa shape index (κ1) is 8.71. The third-order valence-electron chi connectivity index (χ3n) is 1.79. The molecule has 1 rings (SSSR count). The predicted octanol–water partition coefficient (Wildman–Crippen LogP) is 1.66. The van der Waals surface area contributed by atoms with Crippen molar-refractivity contribution in [2.75, 3.05) is 7.05 Å². The number of hydrogen-bond donors (Lipinski definition) is 1. The molecular formula is C9H12N2O. The van der Waals surface area contributed by atoms with E-state index in [1.54, 1.807) is 13.1 Å². The Kier molecular flexibility index (Phi) is 2.43. The van der Waals surface area contributed by atoms with Gasteiger partial charge in [0.1, 0.15) is 0 Å². The van der Waals surface area contributed by atoms with Gasteiger partial charge < -0.3 is 4.98 Å². The highest BCUT2D eigenvalue weighted by molar-refractivity contribution is 5.99. The Hall–Kier alpha value is -1.38. The van der Waals surface area contributed by atoms with Crippen molar-refractivity contribution in [1.82, 2.24) is 4.98 Å². The molecule has 0 aliphatic rings. The Bertz CT molecular complexity index is 323. The fourth-order valence-electron chi connectivity index (χ4n) is 0.932. The summed E-state index contributed by atoms with van der Waals surface area (Å²) >= 11 is 0. The maximum Gasteiger partial charge on any atom is 0.175 e. The third-order valence-corrected chi connectivity index (χ3v) is 1.79. The molecule has 0 saturated heterocycles. The number of aromatic amines is 1. The summed E-state index contributed by atoms with van der Waals surface area (Å²) < 4.78 is 0. The van der Waals surface area contributed by atoms with Gasteiger partial charge in [-0.1, -0.05) is 0 Å². The van der Waals surface area contributed by atoms with E-state index in [4.69, 9.17) is 0 Å². The smallest absolute Gasteiger partial charge is 0.175 e. The molecule has 1 aromatic heterocycles. The molecule has 0 unspecified atom stereocenters. The van der Waals surface area contributed by atoms with Crippen LogP contribution in [0.4, 0.5) is 0 Å². The van der Waals surface area contributed by atoms with Crippen molar-refractivity contribution in [2.24, 2.45) is 4.99 Å². The Labute approximate surface area is 71.5 Å². The lowest BCUT2D eigenvalue weighted by atomic mass is 10.3. The molecule has 0 aromatic carbocycles. The van der Waals surface area contributed by atoms with Crippen molar-refractivity contribution in [3.8, 4) is 0 Å². The molecule has 0 amide bonds. The summed E-state index contributed by atoms with van der Waals surface area (Å²) in [6, 6.07) is 3.63. The van der Waals surface area contributed by atoms with Gasteiger partial charge in [-0.15, -0.1) is 0 Å². The number of nitrogens with zero attached hydrogens (tertiary/aromatic N) is 1. The van der Waals surface area contributed by atoms with Crippen molar-refractivity contribution in [1.29, 1.82) is 0 Å². The van der Waals surface area contributed by atoms with Gasteiger partial charge in [0.15, 0.2) is 5.78 Å². The van der Waals surface area contributed by atoms with Crippen LogP contribution in [-0.2, 0) is 0 Å². The van der Waals surface area contributed by atoms with Gasteiger partial charge in [-0.3, -0.25) is 9.79 Å². The van der Waals surface area contributed by atoms with Crippen molar-refractivity contribution < 1.29 is 4.79 Å². The van der Waals surface area contributed by atoms with Crippen LogP contribution in [0.3, 0.4) is 0 Å². The summed E-state index contributed by atoms with van der Waals surface area (Å²) in [6.07, 6.45) is 0. The maximum atomic E-state index is 10.9. The van der Waals surface area contributed by atoms with E-state index in [-0.39, 0.29) is 5.78 Å². The summed E-state index contributed by atoms with van der Waals surface area (Å²) in [4.78, 5) is 17.9. The molecule has 1 N–H and O–H groups in total. The SMILES string of the molecule is C/N=C(\C)c1ccc(C(C)=O)[nH]1. The average molecular weight is 164 g/mol. The normalized spacial score (nSPS) is 11.8. The number of rotatable bonds is 2. The average Bonchev–Trinajstić information content (AvgIpc) is 2.51. The number of carbonyl (C=O) groups is 1. The standard InChI is InChI=1S/C9H12N2O/c1-6(10-3)8-4-5-9(11-8)7(2)12/h4-5,11H,1-3H3/b10-6+. The van der Waals surface area contributed by atoms with Crippen molar-refractivity contribution >= 4 is 11.5 Å². The quantitative estimate of drug-likeness (QED) is 0.524. The molecule has 64 valence electrons. The molecular weight excluding hydrogens is 152 g/mol. The molecule has 0 bridgehead atoms. The van der Waals surface area contributed by atoms with E-state index < -0.39 is 0 Å². The molecule has 0 fully saturated rings. The van der Waals surface area contributed by atoms with Crippen LogP contribution in [0.2, 0.25) is 0 Å². The summed E-state index contributed by atoms with van der Waals surface area (Å²) in [5, 5.41) is 0. The second-order valence-electron chi connectivity index (χ2n) is 2.65. The lowest BCUT2D eigenvalue weighted by molar-refractivity contribution is 0.101. The molecule has 12 heavy (non-hydrogen) atoms. The van der Waals surface area contributed by atoms with Gasteiger partial charge in [-0.05, 0) is 19.1 Å². The Morgan fingerprint density at radius 2 is 1.92 bits per heavy atom. The van der Waals surface area contributed by atoms with E-state index in [0.717, 1.165) is 11.4 Å². The number of hydrogen-bond acceptors (Lipinski definition) is 2. The third kappa shape index (κ3) is 1.61. The topological polar surface area (TPSA) is 45.2 Å². The maximum absolute atomic E-state index is 10.9. The van der Waals surface area contributed by atoms with Gasteiger partial charge in [0.2, 0.25) is 0 Å². The highest BCUT2D eigenvalue weighted by Crippen LogP contribution is 2.03. The van der Waals surface area contributed by atoms with Crippen molar-refractivity contribution in [3.05, 3.63) is 23.5 Å². The highest BCUT2D eigenvalue weighted by Gasteiger charge is 2.03. The molecule has 3 heteroatoms. The lowest BCUT2D eigenvalue weighted by Gasteiger charge is -1.93. The summed E-state index contributed by atoms with van der Waals surface area (Å²) in [5.41, 5.74) is 2.44. The number of Topliss-reactive ketones (excluding diaryl/α,β-unsaturated/α-hetero) is 1. The number of H-pyrrole nitrogens is 1. The minimum Gasteiger partial charge on any atom is -0.351 e. The lowest BCUT2D eigenvalue weighted by Crippen LogP contribution is -1.97. The minimum absolute atomic E-state index is 0.0464. The molecule has 3 nitrogen and oxygen atoms in total. The van der Waals surface area contributed by atoms with Crippen LogP contribution in [-0.4, -0.2) is 23.5 Å². The largest absolute Gasteiger partial charge is 0.351 e. The first-order valence-corrected chi connectivity index (χ1v) is 3.79. The van der Waals surface area contributed by atoms with Gasteiger partial charge >= 0.3 is 0 Å². The molecule has 0 aliphatic carbocycles. The second-order valence-corrected chi connectivity index (χ2v) is 2.65. The molecule has 0 aliphatic heterocycles. The van der Waals surface area contributed by atoms with E-state index in [1.165, 1.54) is 6.92 Å². The first-order valence-electron chi connectivity index (χ1n) is 3.79. The van der Waals surface area contributed by atoms with Gasteiger partial charge in [-0.25, -0.2) is 0 Å². The Morgan fingerprint density at radius 3 is 2.33 bits per heavy atom. The zero-order chi connectivity index (χ0) is 9.14. The monoisotopic (exact) mass is 164 g/mol. The molecule has 0 radical (unpaired) electrons. The van der Waals surface area contributed by atoms with Crippen molar-refractivity contribution in [3.63, 3.8) is 0 Å². The minimum atomic E-state index is 0.0464. The summed E-state index contributed by atoms with van der Waals surface area (Å²) in [6.45, 7) is 3.43. The van der Waals surface area contributed by atoms with Crippen LogP contribution >= 0.6 is 0 Å².